The van der Waals surface area contributed by atoms with Gasteiger partial charge in [-0.3, -0.25) is 0 Å². The van der Waals surface area contributed by atoms with Gasteiger partial charge < -0.3 is 4.74 Å². The Balaban J connectivity index is 2.25. The first-order valence-electron chi connectivity index (χ1n) is 6.24. The lowest BCUT2D eigenvalue weighted by Gasteiger charge is -2.13. The van der Waals surface area contributed by atoms with Crippen molar-refractivity contribution >= 4 is 27.5 Å². The Morgan fingerprint density at radius 3 is 2.42 bits per heavy atom. The highest BCUT2D eigenvalue weighted by Gasteiger charge is 2.14. The summed E-state index contributed by atoms with van der Waals surface area (Å²) >= 11 is 10.1. The number of hydrogen-bond donors (Lipinski definition) is 0. The molecule has 2 aromatic carbocycles. The molecule has 100 valence electrons. The second kappa shape index (κ2) is 6.44. The van der Waals surface area contributed by atoms with E-state index >= 15 is 0 Å². The van der Waals surface area contributed by atoms with Crippen LogP contribution in [0.5, 0.6) is 5.75 Å². The fourth-order valence-corrected chi connectivity index (χ4v) is 3.11. The Labute approximate surface area is 127 Å². The molecule has 0 aliphatic carbocycles. The van der Waals surface area contributed by atoms with Crippen LogP contribution in [0.2, 0.25) is 0 Å². The summed E-state index contributed by atoms with van der Waals surface area (Å²) in [5.74, 6) is 0.873. The molecule has 2 aromatic rings. The van der Waals surface area contributed by atoms with Crippen molar-refractivity contribution in [2.24, 2.45) is 0 Å². The SMILES string of the molecule is CCOc1ccc(C(Cl)c2ccc(C)cc2Br)cc1. The van der Waals surface area contributed by atoms with Crippen LogP contribution in [0, 0.1) is 6.92 Å². The topological polar surface area (TPSA) is 9.23 Å². The van der Waals surface area contributed by atoms with Crippen LogP contribution < -0.4 is 4.74 Å². The predicted molar refractivity (Wildman–Crippen MR) is 84.2 cm³/mol. The molecule has 0 saturated heterocycles. The molecule has 0 radical (unpaired) electrons. The van der Waals surface area contributed by atoms with Crippen LogP contribution >= 0.6 is 27.5 Å². The zero-order valence-electron chi connectivity index (χ0n) is 11.0. The smallest absolute Gasteiger partial charge is 0.119 e. The molecule has 0 fully saturated rings. The Kier molecular flexibility index (Phi) is 4.89. The first kappa shape index (κ1) is 14.4. The third kappa shape index (κ3) is 3.52. The lowest BCUT2D eigenvalue weighted by molar-refractivity contribution is 0.340. The highest BCUT2D eigenvalue weighted by molar-refractivity contribution is 9.10. The van der Waals surface area contributed by atoms with Gasteiger partial charge in [0.1, 0.15) is 5.75 Å². The van der Waals surface area contributed by atoms with Crippen molar-refractivity contribution in [2.45, 2.75) is 19.2 Å². The summed E-state index contributed by atoms with van der Waals surface area (Å²) in [7, 11) is 0. The molecule has 0 aliphatic rings. The zero-order valence-corrected chi connectivity index (χ0v) is 13.3. The molecule has 19 heavy (non-hydrogen) atoms. The van der Waals surface area contributed by atoms with Crippen LogP contribution in [-0.2, 0) is 0 Å². The third-order valence-corrected chi connectivity index (χ3v) is 4.09. The van der Waals surface area contributed by atoms with E-state index in [1.54, 1.807) is 0 Å². The quantitative estimate of drug-likeness (QED) is 0.670. The first-order chi connectivity index (χ1) is 9.11. The van der Waals surface area contributed by atoms with Crippen molar-refractivity contribution in [3.63, 3.8) is 0 Å². The molecule has 3 heteroatoms. The van der Waals surface area contributed by atoms with Crippen LogP contribution in [0.15, 0.2) is 46.9 Å². The van der Waals surface area contributed by atoms with Gasteiger partial charge in [-0.2, -0.15) is 0 Å². The van der Waals surface area contributed by atoms with E-state index in [-0.39, 0.29) is 5.38 Å². The van der Waals surface area contributed by atoms with E-state index in [1.807, 2.05) is 31.2 Å². The molecule has 0 aromatic heterocycles. The average Bonchev–Trinajstić information content (AvgIpc) is 2.39. The van der Waals surface area contributed by atoms with Crippen LogP contribution in [0.1, 0.15) is 29.0 Å². The van der Waals surface area contributed by atoms with Crippen LogP contribution in [0.25, 0.3) is 0 Å². The van der Waals surface area contributed by atoms with E-state index < -0.39 is 0 Å². The summed E-state index contributed by atoms with van der Waals surface area (Å²) in [5, 5.41) is -0.161. The molecule has 0 saturated carbocycles. The van der Waals surface area contributed by atoms with Gasteiger partial charge in [0.05, 0.1) is 12.0 Å². The second-order valence-electron chi connectivity index (χ2n) is 4.39. The largest absolute Gasteiger partial charge is 0.494 e. The van der Waals surface area contributed by atoms with E-state index in [2.05, 4.69) is 41.1 Å². The molecule has 0 N–H and O–H groups in total. The summed E-state index contributed by atoms with van der Waals surface area (Å²) in [4.78, 5) is 0. The average molecular weight is 340 g/mol. The van der Waals surface area contributed by atoms with Crippen molar-refractivity contribution in [3.05, 3.63) is 63.6 Å². The standard InChI is InChI=1S/C16H16BrClO/c1-3-19-13-7-5-12(6-8-13)16(18)14-9-4-11(2)10-15(14)17/h4-10,16H,3H2,1-2H3. The summed E-state index contributed by atoms with van der Waals surface area (Å²) < 4.78 is 6.48. The molecule has 1 atom stereocenters. The van der Waals surface area contributed by atoms with Gasteiger partial charge in [-0.15, -0.1) is 11.6 Å². The molecule has 1 nitrogen and oxygen atoms in total. The molecule has 1 unspecified atom stereocenters. The number of ether oxygens (including phenoxy) is 1. The molecule has 0 amide bonds. The molecule has 0 heterocycles. The van der Waals surface area contributed by atoms with E-state index in [0.29, 0.717) is 6.61 Å². The summed E-state index contributed by atoms with van der Waals surface area (Å²) in [6, 6.07) is 14.1. The van der Waals surface area contributed by atoms with Crippen molar-refractivity contribution < 1.29 is 4.74 Å². The maximum Gasteiger partial charge on any atom is 0.119 e. The minimum atomic E-state index is -0.161. The molecule has 0 aliphatic heterocycles. The minimum absolute atomic E-state index is 0.161. The van der Waals surface area contributed by atoms with Gasteiger partial charge in [0, 0.05) is 4.47 Å². The van der Waals surface area contributed by atoms with Gasteiger partial charge >= 0.3 is 0 Å². The van der Waals surface area contributed by atoms with E-state index in [9.17, 15) is 0 Å². The number of rotatable bonds is 4. The molecular formula is C16H16BrClO. The monoisotopic (exact) mass is 338 g/mol. The van der Waals surface area contributed by atoms with E-state index in [0.717, 1.165) is 21.3 Å². The minimum Gasteiger partial charge on any atom is -0.494 e. The number of aryl methyl sites for hydroxylation is 1. The van der Waals surface area contributed by atoms with Crippen LogP contribution in [-0.4, -0.2) is 6.61 Å². The Hall–Kier alpha value is -0.990. The van der Waals surface area contributed by atoms with Gasteiger partial charge in [0.25, 0.3) is 0 Å². The van der Waals surface area contributed by atoms with Crippen molar-refractivity contribution in [1.29, 1.82) is 0 Å². The van der Waals surface area contributed by atoms with Gasteiger partial charge in [0.15, 0.2) is 0 Å². The van der Waals surface area contributed by atoms with E-state index in [1.165, 1.54) is 5.56 Å². The summed E-state index contributed by atoms with van der Waals surface area (Å²) in [6.07, 6.45) is 0. The van der Waals surface area contributed by atoms with Crippen molar-refractivity contribution in [2.75, 3.05) is 6.61 Å². The first-order valence-corrected chi connectivity index (χ1v) is 7.47. The van der Waals surface area contributed by atoms with Crippen molar-refractivity contribution in [3.8, 4) is 5.75 Å². The number of hydrogen-bond acceptors (Lipinski definition) is 1. The lowest BCUT2D eigenvalue weighted by Crippen LogP contribution is -1.96. The maximum absolute atomic E-state index is 6.55. The highest BCUT2D eigenvalue weighted by Crippen LogP contribution is 2.34. The second-order valence-corrected chi connectivity index (χ2v) is 5.68. The molecule has 2 rings (SSSR count). The lowest BCUT2D eigenvalue weighted by atomic mass is 10.0. The number of benzene rings is 2. The predicted octanol–water partition coefficient (Wildman–Crippen LogP) is 5.48. The van der Waals surface area contributed by atoms with Gasteiger partial charge in [-0.05, 0) is 48.7 Å². The fourth-order valence-electron chi connectivity index (χ4n) is 1.92. The van der Waals surface area contributed by atoms with Gasteiger partial charge in [-0.1, -0.05) is 40.2 Å². The van der Waals surface area contributed by atoms with Crippen LogP contribution in [0.4, 0.5) is 0 Å². The fraction of sp³-hybridized carbons (Fsp3) is 0.250. The summed E-state index contributed by atoms with van der Waals surface area (Å²) in [5.41, 5.74) is 3.36. The number of alkyl halides is 1. The maximum atomic E-state index is 6.55. The van der Waals surface area contributed by atoms with Crippen LogP contribution in [0.3, 0.4) is 0 Å². The van der Waals surface area contributed by atoms with Gasteiger partial charge in [0.2, 0.25) is 0 Å². The van der Waals surface area contributed by atoms with Gasteiger partial charge in [-0.25, -0.2) is 0 Å². The third-order valence-electron chi connectivity index (χ3n) is 2.91. The molecule has 0 bridgehead atoms. The molecular weight excluding hydrogens is 324 g/mol. The highest BCUT2D eigenvalue weighted by atomic mass is 79.9. The zero-order chi connectivity index (χ0) is 13.8. The number of halogens is 2. The summed E-state index contributed by atoms with van der Waals surface area (Å²) in [6.45, 7) is 4.71. The molecule has 0 spiro atoms. The normalized spacial score (nSPS) is 12.2. The Morgan fingerprint density at radius 2 is 1.84 bits per heavy atom. The van der Waals surface area contributed by atoms with E-state index in [4.69, 9.17) is 16.3 Å². The Bertz CT molecular complexity index is 551. The van der Waals surface area contributed by atoms with Crippen molar-refractivity contribution in [1.82, 2.24) is 0 Å². The Morgan fingerprint density at radius 1 is 1.16 bits per heavy atom.